The van der Waals surface area contributed by atoms with E-state index in [4.69, 9.17) is 13.9 Å². The van der Waals surface area contributed by atoms with Crippen molar-refractivity contribution in [1.82, 2.24) is 10.2 Å². The fourth-order valence-electron chi connectivity index (χ4n) is 2.72. The standard InChI is InChI=1S/C23H17BrN2O4/c24-18-12-10-17(11-13-18)22-26-25-21(30-22)15-29-23(27)19-8-4-5-9-20(19)28-14-16-6-2-1-3-7-16/h1-13H,14-15H2. The Kier molecular flexibility index (Phi) is 6.20. The molecule has 0 spiro atoms. The van der Waals surface area contributed by atoms with Crippen LogP contribution in [0.3, 0.4) is 0 Å². The summed E-state index contributed by atoms with van der Waals surface area (Å²) in [6.45, 7) is 0.223. The first-order valence-electron chi connectivity index (χ1n) is 9.20. The van der Waals surface area contributed by atoms with Gasteiger partial charge >= 0.3 is 5.97 Å². The molecule has 0 unspecified atom stereocenters. The summed E-state index contributed by atoms with van der Waals surface area (Å²) in [5.74, 6) is 0.499. The van der Waals surface area contributed by atoms with E-state index < -0.39 is 5.97 Å². The predicted octanol–water partition coefficient (Wildman–Crippen LogP) is 5.44. The van der Waals surface area contributed by atoms with E-state index >= 15 is 0 Å². The van der Waals surface area contributed by atoms with Crippen LogP contribution >= 0.6 is 15.9 Å². The van der Waals surface area contributed by atoms with E-state index in [2.05, 4.69) is 26.1 Å². The average Bonchev–Trinajstić information content (AvgIpc) is 3.26. The number of esters is 1. The van der Waals surface area contributed by atoms with Crippen LogP contribution in [0.5, 0.6) is 5.75 Å². The lowest BCUT2D eigenvalue weighted by atomic mass is 10.2. The quantitative estimate of drug-likeness (QED) is 0.339. The van der Waals surface area contributed by atoms with Crippen molar-refractivity contribution in [3.8, 4) is 17.2 Å². The molecule has 1 heterocycles. The van der Waals surface area contributed by atoms with Gasteiger partial charge in [0, 0.05) is 10.0 Å². The highest BCUT2D eigenvalue weighted by Crippen LogP contribution is 2.23. The van der Waals surface area contributed by atoms with Crippen molar-refractivity contribution < 1.29 is 18.7 Å². The van der Waals surface area contributed by atoms with Gasteiger partial charge in [0.05, 0.1) is 0 Å². The Balaban J connectivity index is 1.39. The SMILES string of the molecule is O=C(OCc1nnc(-c2ccc(Br)cc2)o1)c1ccccc1OCc1ccccc1. The molecular formula is C23H17BrN2O4. The van der Waals surface area contributed by atoms with Crippen molar-refractivity contribution >= 4 is 21.9 Å². The molecule has 0 aliphatic heterocycles. The summed E-state index contributed by atoms with van der Waals surface area (Å²) in [4.78, 5) is 12.6. The number of para-hydroxylation sites is 1. The molecule has 0 radical (unpaired) electrons. The Morgan fingerprint density at radius 2 is 1.60 bits per heavy atom. The van der Waals surface area contributed by atoms with E-state index in [1.54, 1.807) is 24.3 Å². The summed E-state index contributed by atoms with van der Waals surface area (Å²) in [6.07, 6.45) is 0. The number of halogens is 1. The fraction of sp³-hybridized carbons (Fsp3) is 0.0870. The van der Waals surface area contributed by atoms with Crippen LogP contribution in [0.1, 0.15) is 21.8 Å². The zero-order chi connectivity index (χ0) is 20.8. The van der Waals surface area contributed by atoms with Crippen molar-refractivity contribution in [3.63, 3.8) is 0 Å². The van der Waals surface area contributed by atoms with Gasteiger partial charge in [-0.1, -0.05) is 58.4 Å². The maximum Gasteiger partial charge on any atom is 0.342 e. The Labute approximate surface area is 181 Å². The maximum absolute atomic E-state index is 12.6. The number of carbonyl (C=O) groups is 1. The molecule has 0 bridgehead atoms. The largest absolute Gasteiger partial charge is 0.488 e. The topological polar surface area (TPSA) is 74.5 Å². The van der Waals surface area contributed by atoms with E-state index in [1.165, 1.54) is 0 Å². The molecule has 0 aliphatic rings. The third-order valence-electron chi connectivity index (χ3n) is 4.23. The summed E-state index contributed by atoms with van der Waals surface area (Å²) in [7, 11) is 0. The first-order chi connectivity index (χ1) is 14.7. The Morgan fingerprint density at radius 1 is 0.867 bits per heavy atom. The third-order valence-corrected chi connectivity index (χ3v) is 4.76. The molecule has 0 saturated carbocycles. The van der Waals surface area contributed by atoms with Crippen LogP contribution in [0, 0.1) is 0 Å². The molecule has 0 amide bonds. The lowest BCUT2D eigenvalue weighted by Gasteiger charge is -2.10. The van der Waals surface area contributed by atoms with Crippen LogP contribution in [-0.4, -0.2) is 16.2 Å². The minimum Gasteiger partial charge on any atom is -0.488 e. The van der Waals surface area contributed by atoms with E-state index in [0.717, 1.165) is 15.6 Å². The predicted molar refractivity (Wildman–Crippen MR) is 114 cm³/mol. The molecule has 150 valence electrons. The molecule has 0 N–H and O–H groups in total. The van der Waals surface area contributed by atoms with Gasteiger partial charge in [0.2, 0.25) is 5.89 Å². The van der Waals surface area contributed by atoms with Gasteiger partial charge in [-0.05, 0) is 42.0 Å². The highest BCUT2D eigenvalue weighted by atomic mass is 79.9. The number of hydrogen-bond donors (Lipinski definition) is 0. The number of aromatic nitrogens is 2. The van der Waals surface area contributed by atoms with Crippen LogP contribution in [0.4, 0.5) is 0 Å². The first-order valence-corrected chi connectivity index (χ1v) is 9.99. The lowest BCUT2D eigenvalue weighted by Crippen LogP contribution is -2.08. The second-order valence-electron chi connectivity index (χ2n) is 6.35. The average molecular weight is 465 g/mol. The number of benzene rings is 3. The van der Waals surface area contributed by atoms with E-state index in [0.29, 0.717) is 23.8 Å². The van der Waals surface area contributed by atoms with Crippen molar-refractivity contribution in [2.75, 3.05) is 0 Å². The van der Waals surface area contributed by atoms with Crippen molar-refractivity contribution in [2.24, 2.45) is 0 Å². The molecular weight excluding hydrogens is 448 g/mol. The molecule has 0 fully saturated rings. The molecule has 7 heteroatoms. The molecule has 3 aromatic carbocycles. The molecule has 4 rings (SSSR count). The normalized spacial score (nSPS) is 10.6. The molecule has 1 aromatic heterocycles. The van der Waals surface area contributed by atoms with Gasteiger partial charge in [-0.3, -0.25) is 0 Å². The van der Waals surface area contributed by atoms with Crippen LogP contribution < -0.4 is 4.74 Å². The highest BCUT2D eigenvalue weighted by Gasteiger charge is 2.16. The Bertz CT molecular complexity index is 1130. The summed E-state index contributed by atoms with van der Waals surface area (Å²) in [5, 5.41) is 7.94. The Hall–Kier alpha value is -3.45. The van der Waals surface area contributed by atoms with Crippen molar-refractivity contribution in [2.45, 2.75) is 13.2 Å². The number of ether oxygens (including phenoxy) is 2. The van der Waals surface area contributed by atoms with Gasteiger partial charge < -0.3 is 13.9 Å². The van der Waals surface area contributed by atoms with Crippen molar-refractivity contribution in [1.29, 1.82) is 0 Å². The van der Waals surface area contributed by atoms with Crippen LogP contribution in [0.2, 0.25) is 0 Å². The second-order valence-corrected chi connectivity index (χ2v) is 7.27. The molecule has 0 aliphatic carbocycles. The van der Waals surface area contributed by atoms with Crippen LogP contribution in [0.15, 0.2) is 87.8 Å². The molecule has 6 nitrogen and oxygen atoms in total. The van der Waals surface area contributed by atoms with Crippen molar-refractivity contribution in [3.05, 3.63) is 100 Å². The van der Waals surface area contributed by atoms with E-state index in [9.17, 15) is 4.79 Å². The summed E-state index contributed by atoms with van der Waals surface area (Å²) in [5.41, 5.74) is 2.12. The fourth-order valence-corrected chi connectivity index (χ4v) is 2.99. The number of hydrogen-bond acceptors (Lipinski definition) is 6. The van der Waals surface area contributed by atoms with Gasteiger partial charge in [0.1, 0.15) is 17.9 Å². The monoisotopic (exact) mass is 464 g/mol. The van der Waals surface area contributed by atoms with E-state index in [1.807, 2.05) is 54.6 Å². The summed E-state index contributed by atoms with van der Waals surface area (Å²) < 4.78 is 17.7. The lowest BCUT2D eigenvalue weighted by molar-refractivity contribution is 0.0433. The summed E-state index contributed by atoms with van der Waals surface area (Å²) in [6, 6.07) is 24.1. The van der Waals surface area contributed by atoms with E-state index in [-0.39, 0.29) is 12.5 Å². The minimum atomic E-state index is -0.526. The molecule has 0 saturated heterocycles. The Morgan fingerprint density at radius 3 is 2.40 bits per heavy atom. The van der Waals surface area contributed by atoms with Gasteiger partial charge in [0.15, 0.2) is 6.61 Å². The number of carbonyl (C=O) groups excluding carboxylic acids is 1. The zero-order valence-electron chi connectivity index (χ0n) is 15.8. The maximum atomic E-state index is 12.6. The second kappa shape index (κ2) is 9.37. The zero-order valence-corrected chi connectivity index (χ0v) is 17.4. The third kappa shape index (κ3) is 4.93. The van der Waals surface area contributed by atoms with Crippen LogP contribution in [-0.2, 0) is 18.0 Å². The smallest absolute Gasteiger partial charge is 0.342 e. The molecule has 4 aromatic rings. The minimum absolute atomic E-state index is 0.130. The van der Waals surface area contributed by atoms with Gasteiger partial charge in [-0.25, -0.2) is 4.79 Å². The first kappa shape index (κ1) is 19.8. The van der Waals surface area contributed by atoms with Gasteiger partial charge in [-0.2, -0.15) is 0 Å². The van der Waals surface area contributed by atoms with Gasteiger partial charge in [0.25, 0.3) is 5.89 Å². The molecule has 0 atom stereocenters. The number of rotatable bonds is 7. The molecule has 30 heavy (non-hydrogen) atoms. The van der Waals surface area contributed by atoms with Gasteiger partial charge in [-0.15, -0.1) is 10.2 Å². The number of nitrogens with zero attached hydrogens (tertiary/aromatic N) is 2. The van der Waals surface area contributed by atoms with Crippen LogP contribution in [0.25, 0.3) is 11.5 Å². The summed E-state index contributed by atoms with van der Waals surface area (Å²) >= 11 is 3.38. The highest BCUT2D eigenvalue weighted by molar-refractivity contribution is 9.10.